The van der Waals surface area contributed by atoms with Crippen molar-refractivity contribution in [2.45, 2.75) is 12.5 Å². The highest BCUT2D eigenvalue weighted by Crippen LogP contribution is 2.09. The van der Waals surface area contributed by atoms with Crippen LogP contribution in [-0.2, 0) is 9.84 Å². The Labute approximate surface area is 67.1 Å². The van der Waals surface area contributed by atoms with Gasteiger partial charge in [-0.3, -0.25) is 0 Å². The van der Waals surface area contributed by atoms with Crippen molar-refractivity contribution in [2.24, 2.45) is 5.73 Å². The molecule has 0 bridgehead atoms. The average molecular weight is 178 g/mol. The molecule has 11 heavy (non-hydrogen) atoms. The molecule has 1 saturated heterocycles. The fourth-order valence-corrected chi connectivity index (χ4v) is 2.45. The van der Waals surface area contributed by atoms with Gasteiger partial charge in [-0.05, 0) is 19.5 Å². The van der Waals surface area contributed by atoms with Crippen LogP contribution in [0, 0.1) is 0 Å². The summed E-state index contributed by atoms with van der Waals surface area (Å²) in [6.45, 7) is 1.49. The van der Waals surface area contributed by atoms with Crippen LogP contribution in [0.3, 0.4) is 0 Å². The number of nitrogens with two attached hydrogens (primary N) is 1. The van der Waals surface area contributed by atoms with Crippen LogP contribution in [0.1, 0.15) is 6.42 Å². The van der Waals surface area contributed by atoms with Crippen LogP contribution in [-0.4, -0.2) is 39.1 Å². The minimum absolute atomic E-state index is 0.187. The van der Waals surface area contributed by atoms with Crippen molar-refractivity contribution in [1.82, 2.24) is 5.32 Å². The highest BCUT2D eigenvalue weighted by molar-refractivity contribution is 7.92. The molecule has 1 aliphatic heterocycles. The molecule has 0 spiro atoms. The minimum Gasteiger partial charge on any atom is -0.330 e. The van der Waals surface area contributed by atoms with Crippen LogP contribution in [0.25, 0.3) is 0 Å². The van der Waals surface area contributed by atoms with E-state index in [-0.39, 0.29) is 6.04 Å². The van der Waals surface area contributed by atoms with Crippen LogP contribution in [0.5, 0.6) is 0 Å². The largest absolute Gasteiger partial charge is 0.330 e. The predicted octanol–water partition coefficient (Wildman–Crippen LogP) is -1.28. The van der Waals surface area contributed by atoms with Crippen molar-refractivity contribution in [3.8, 4) is 0 Å². The molecule has 1 aliphatic rings. The summed E-state index contributed by atoms with van der Waals surface area (Å²) in [6, 6.07) is 0.187. The van der Waals surface area contributed by atoms with E-state index >= 15 is 0 Å². The lowest BCUT2D eigenvalue weighted by atomic mass is 10.3. The van der Waals surface area contributed by atoms with E-state index in [0.29, 0.717) is 18.1 Å². The Balaban J connectivity index is 2.05. The zero-order valence-electron chi connectivity index (χ0n) is 6.41. The van der Waals surface area contributed by atoms with Gasteiger partial charge in [0.25, 0.3) is 0 Å². The highest BCUT2D eigenvalue weighted by Gasteiger charge is 2.32. The molecule has 5 heteroatoms. The third-order valence-electron chi connectivity index (χ3n) is 1.72. The van der Waals surface area contributed by atoms with E-state index < -0.39 is 9.84 Å². The predicted molar refractivity (Wildman–Crippen MR) is 44.1 cm³/mol. The van der Waals surface area contributed by atoms with E-state index in [0.717, 1.165) is 13.0 Å². The Bertz CT molecular complexity index is 201. The Hall–Kier alpha value is -0.130. The molecule has 66 valence electrons. The van der Waals surface area contributed by atoms with Crippen LogP contribution < -0.4 is 11.1 Å². The summed E-state index contributed by atoms with van der Waals surface area (Å²) in [6.07, 6.45) is 0.913. The molecule has 0 amide bonds. The van der Waals surface area contributed by atoms with Gasteiger partial charge in [0, 0.05) is 6.04 Å². The van der Waals surface area contributed by atoms with E-state index in [1.54, 1.807) is 0 Å². The molecule has 1 heterocycles. The molecule has 0 aromatic heterocycles. The number of nitrogens with one attached hydrogen (secondary N) is 1. The number of hydrogen-bond acceptors (Lipinski definition) is 4. The molecule has 0 aromatic rings. The molecule has 0 unspecified atom stereocenters. The van der Waals surface area contributed by atoms with E-state index in [9.17, 15) is 8.42 Å². The Morgan fingerprint density at radius 3 is 2.55 bits per heavy atom. The van der Waals surface area contributed by atoms with Gasteiger partial charge in [0.1, 0.15) is 0 Å². The van der Waals surface area contributed by atoms with Gasteiger partial charge in [-0.25, -0.2) is 8.42 Å². The summed E-state index contributed by atoms with van der Waals surface area (Å²) in [4.78, 5) is 0. The van der Waals surface area contributed by atoms with Gasteiger partial charge in [-0.1, -0.05) is 0 Å². The molecular formula is C6H14N2O2S. The number of sulfone groups is 1. The Morgan fingerprint density at radius 1 is 1.45 bits per heavy atom. The summed E-state index contributed by atoms with van der Waals surface area (Å²) in [5.74, 6) is 0.606. The molecule has 3 N–H and O–H groups in total. The van der Waals surface area contributed by atoms with E-state index in [1.807, 2.05) is 0 Å². The lowest BCUT2D eigenvalue weighted by Crippen LogP contribution is -2.51. The lowest BCUT2D eigenvalue weighted by Gasteiger charge is -2.26. The lowest BCUT2D eigenvalue weighted by molar-refractivity contribution is 0.508. The topological polar surface area (TPSA) is 72.2 Å². The van der Waals surface area contributed by atoms with Gasteiger partial charge in [0.15, 0.2) is 9.84 Å². The van der Waals surface area contributed by atoms with Gasteiger partial charge in [-0.15, -0.1) is 0 Å². The smallest absolute Gasteiger partial charge is 0.153 e. The molecular weight excluding hydrogens is 164 g/mol. The third kappa shape index (κ3) is 2.76. The van der Waals surface area contributed by atoms with Crippen molar-refractivity contribution in [3.05, 3.63) is 0 Å². The van der Waals surface area contributed by atoms with Crippen LogP contribution in [0.4, 0.5) is 0 Å². The molecule has 1 rings (SSSR count). The standard InChI is InChI=1S/C6H14N2O2S/c7-2-1-3-8-6-4-11(9,10)5-6/h6,8H,1-5,7H2. The quantitative estimate of drug-likeness (QED) is 0.526. The van der Waals surface area contributed by atoms with E-state index in [4.69, 9.17) is 5.73 Å². The Morgan fingerprint density at radius 2 is 2.09 bits per heavy atom. The second-order valence-electron chi connectivity index (χ2n) is 2.87. The molecule has 1 fully saturated rings. The summed E-state index contributed by atoms with van der Waals surface area (Å²) < 4.78 is 21.3. The number of hydrogen-bond donors (Lipinski definition) is 2. The average Bonchev–Trinajstić information content (AvgIpc) is 1.84. The zero-order valence-corrected chi connectivity index (χ0v) is 7.23. The molecule has 4 nitrogen and oxygen atoms in total. The van der Waals surface area contributed by atoms with Crippen molar-refractivity contribution in [3.63, 3.8) is 0 Å². The summed E-state index contributed by atoms with van der Waals surface area (Å²) in [5.41, 5.74) is 5.27. The van der Waals surface area contributed by atoms with Crippen molar-refractivity contribution in [1.29, 1.82) is 0 Å². The van der Waals surface area contributed by atoms with Gasteiger partial charge in [0.05, 0.1) is 11.5 Å². The SMILES string of the molecule is NCCCNC1CS(=O)(=O)C1. The number of rotatable bonds is 4. The first-order chi connectivity index (χ1) is 5.14. The second kappa shape index (κ2) is 3.51. The van der Waals surface area contributed by atoms with E-state index in [1.165, 1.54) is 0 Å². The zero-order chi connectivity index (χ0) is 8.32. The summed E-state index contributed by atoms with van der Waals surface area (Å²) in [5, 5.41) is 3.12. The van der Waals surface area contributed by atoms with Gasteiger partial charge >= 0.3 is 0 Å². The van der Waals surface area contributed by atoms with Crippen LogP contribution in [0.15, 0.2) is 0 Å². The van der Waals surface area contributed by atoms with Crippen molar-refractivity contribution in [2.75, 3.05) is 24.6 Å². The maximum Gasteiger partial charge on any atom is 0.153 e. The summed E-state index contributed by atoms with van der Waals surface area (Å²) >= 11 is 0. The van der Waals surface area contributed by atoms with Gasteiger partial charge in [-0.2, -0.15) is 0 Å². The maximum atomic E-state index is 10.7. The van der Waals surface area contributed by atoms with E-state index in [2.05, 4.69) is 5.32 Å². The second-order valence-corrected chi connectivity index (χ2v) is 5.02. The first-order valence-corrected chi connectivity index (χ1v) is 5.60. The first kappa shape index (κ1) is 8.96. The normalized spacial score (nSPS) is 23.0. The fourth-order valence-electron chi connectivity index (χ4n) is 1.09. The minimum atomic E-state index is -2.66. The fraction of sp³-hybridized carbons (Fsp3) is 1.00. The monoisotopic (exact) mass is 178 g/mol. The van der Waals surface area contributed by atoms with Crippen molar-refractivity contribution >= 4 is 9.84 Å². The third-order valence-corrected chi connectivity index (χ3v) is 3.54. The highest BCUT2D eigenvalue weighted by atomic mass is 32.2. The Kier molecular flexibility index (Phi) is 2.86. The maximum absolute atomic E-state index is 10.7. The molecule has 0 aliphatic carbocycles. The van der Waals surface area contributed by atoms with Crippen LogP contribution in [0.2, 0.25) is 0 Å². The molecule has 0 radical (unpaired) electrons. The molecule has 0 atom stereocenters. The molecule has 0 saturated carbocycles. The summed E-state index contributed by atoms with van der Waals surface area (Å²) in [7, 11) is -2.66. The van der Waals surface area contributed by atoms with Crippen LogP contribution >= 0.6 is 0 Å². The molecule has 0 aromatic carbocycles. The van der Waals surface area contributed by atoms with Gasteiger partial charge < -0.3 is 11.1 Å². The first-order valence-electron chi connectivity index (χ1n) is 3.78. The van der Waals surface area contributed by atoms with Crippen molar-refractivity contribution < 1.29 is 8.42 Å². The van der Waals surface area contributed by atoms with Gasteiger partial charge in [0.2, 0.25) is 0 Å².